The van der Waals surface area contributed by atoms with Gasteiger partial charge in [-0.25, -0.2) is 8.42 Å². The van der Waals surface area contributed by atoms with E-state index < -0.39 is 33.4 Å². The van der Waals surface area contributed by atoms with Crippen LogP contribution in [0.3, 0.4) is 0 Å². The lowest BCUT2D eigenvalue weighted by Crippen LogP contribution is -2.52. The van der Waals surface area contributed by atoms with Crippen molar-refractivity contribution in [2.45, 2.75) is 44.7 Å². The zero-order valence-electron chi connectivity index (χ0n) is 24.1. The van der Waals surface area contributed by atoms with Gasteiger partial charge in [-0.2, -0.15) is 0 Å². The Kier molecular flexibility index (Phi) is 11.0. The van der Waals surface area contributed by atoms with Crippen LogP contribution in [0.15, 0.2) is 83.8 Å². The normalized spacial score (nSPS) is 11.9. The van der Waals surface area contributed by atoms with Crippen molar-refractivity contribution in [2.24, 2.45) is 5.92 Å². The quantitative estimate of drug-likeness (QED) is 0.215. The molecule has 12 heteroatoms. The summed E-state index contributed by atoms with van der Waals surface area (Å²) >= 11 is 0. The van der Waals surface area contributed by atoms with E-state index in [0.29, 0.717) is 17.9 Å². The zero-order chi connectivity index (χ0) is 30.9. The van der Waals surface area contributed by atoms with Crippen LogP contribution in [0.1, 0.15) is 32.8 Å². The molecule has 0 saturated heterocycles. The van der Waals surface area contributed by atoms with Gasteiger partial charge < -0.3 is 15.0 Å². The van der Waals surface area contributed by atoms with E-state index in [9.17, 15) is 28.1 Å². The molecule has 0 aromatic heterocycles. The van der Waals surface area contributed by atoms with E-state index in [4.69, 9.17) is 4.74 Å². The first-order chi connectivity index (χ1) is 20.0. The Balaban J connectivity index is 2.09. The molecule has 42 heavy (non-hydrogen) atoms. The Hall–Kier alpha value is -4.45. The fraction of sp³-hybridized carbons (Fsp3) is 0.333. The smallest absolute Gasteiger partial charge is 0.271 e. The number of nitrogens with one attached hydrogen (secondary N) is 1. The van der Waals surface area contributed by atoms with Crippen molar-refractivity contribution in [3.8, 4) is 5.75 Å². The summed E-state index contributed by atoms with van der Waals surface area (Å²) in [5.74, 6) is -0.290. The molecular weight excluding hydrogens is 560 g/mol. The van der Waals surface area contributed by atoms with Crippen LogP contribution in [-0.4, -0.2) is 56.3 Å². The van der Waals surface area contributed by atoms with Gasteiger partial charge in [0.1, 0.15) is 18.3 Å². The van der Waals surface area contributed by atoms with Gasteiger partial charge in [-0.05, 0) is 48.2 Å². The van der Waals surface area contributed by atoms with E-state index in [-0.39, 0.29) is 41.1 Å². The average molecular weight is 597 g/mol. The molecule has 1 atom stereocenters. The Morgan fingerprint density at radius 2 is 1.69 bits per heavy atom. The number of carbonyl (C=O) groups is 2. The van der Waals surface area contributed by atoms with E-state index in [2.05, 4.69) is 5.32 Å². The SMILES string of the molecule is CCC(C(=O)NCC(C)C)N(Cc1cccc(OC)c1)C(=O)CN(c1cccc([N+](=O)[O-])c1)S(=O)(=O)c1ccccc1. The Labute approximate surface area is 246 Å². The fourth-order valence-corrected chi connectivity index (χ4v) is 5.75. The number of anilines is 1. The van der Waals surface area contributed by atoms with Crippen LogP contribution < -0.4 is 14.4 Å². The third-order valence-electron chi connectivity index (χ3n) is 6.50. The number of amides is 2. The number of nitro groups is 1. The third-order valence-corrected chi connectivity index (χ3v) is 8.28. The lowest BCUT2D eigenvalue weighted by atomic mass is 10.1. The molecule has 0 fully saturated rings. The number of nitrogens with zero attached hydrogens (tertiary/aromatic N) is 3. The molecule has 0 radical (unpaired) electrons. The zero-order valence-corrected chi connectivity index (χ0v) is 24.9. The van der Waals surface area contributed by atoms with Crippen molar-refractivity contribution >= 4 is 33.2 Å². The van der Waals surface area contributed by atoms with Gasteiger partial charge in [0, 0.05) is 25.2 Å². The van der Waals surface area contributed by atoms with E-state index in [1.54, 1.807) is 49.4 Å². The second-order valence-electron chi connectivity index (χ2n) is 10.0. The van der Waals surface area contributed by atoms with Crippen molar-refractivity contribution in [3.05, 3.63) is 94.5 Å². The Morgan fingerprint density at radius 1 is 1.00 bits per heavy atom. The molecule has 0 aliphatic rings. The van der Waals surface area contributed by atoms with Gasteiger partial charge in [0.25, 0.3) is 15.7 Å². The minimum atomic E-state index is -4.34. The number of rotatable bonds is 14. The fourth-order valence-electron chi connectivity index (χ4n) is 4.32. The number of benzene rings is 3. The maximum absolute atomic E-state index is 14.1. The number of hydrogen-bond acceptors (Lipinski definition) is 7. The van der Waals surface area contributed by atoms with Crippen LogP contribution >= 0.6 is 0 Å². The van der Waals surface area contributed by atoms with E-state index >= 15 is 0 Å². The monoisotopic (exact) mass is 596 g/mol. The molecule has 3 aromatic carbocycles. The molecule has 0 saturated carbocycles. The standard InChI is InChI=1S/C30H36N4O7S/c1-5-28(30(36)31-19-22(2)3)32(20-23-11-9-14-26(17-23)41-4)29(35)21-33(24-12-10-13-25(18-24)34(37)38)42(39,40)27-15-7-6-8-16-27/h6-18,22,28H,5,19-21H2,1-4H3,(H,31,36). The summed E-state index contributed by atoms with van der Waals surface area (Å²) in [6, 6.07) is 18.7. The lowest BCUT2D eigenvalue weighted by Gasteiger charge is -2.33. The topological polar surface area (TPSA) is 139 Å². The van der Waals surface area contributed by atoms with Crippen LogP contribution in [0, 0.1) is 16.0 Å². The Morgan fingerprint density at radius 3 is 2.31 bits per heavy atom. The number of non-ortho nitro benzene ring substituents is 1. The highest BCUT2D eigenvalue weighted by Gasteiger charge is 2.34. The first-order valence-corrected chi connectivity index (χ1v) is 14.9. The Bertz CT molecular complexity index is 1500. The van der Waals surface area contributed by atoms with Crippen molar-refractivity contribution in [1.82, 2.24) is 10.2 Å². The van der Waals surface area contributed by atoms with Gasteiger partial charge in [-0.1, -0.05) is 57.2 Å². The summed E-state index contributed by atoms with van der Waals surface area (Å²) in [5.41, 5.74) is 0.284. The molecule has 0 aliphatic heterocycles. The maximum atomic E-state index is 14.1. The summed E-state index contributed by atoms with van der Waals surface area (Å²) in [6.07, 6.45) is 0.266. The van der Waals surface area contributed by atoms with Crippen molar-refractivity contribution in [3.63, 3.8) is 0 Å². The molecule has 1 unspecified atom stereocenters. The molecule has 0 heterocycles. The van der Waals surface area contributed by atoms with Crippen molar-refractivity contribution < 1.29 is 27.7 Å². The molecule has 11 nitrogen and oxygen atoms in total. The molecule has 3 aromatic rings. The number of nitro benzene ring substituents is 1. The summed E-state index contributed by atoms with van der Waals surface area (Å²) in [6.45, 7) is 5.37. The van der Waals surface area contributed by atoms with Crippen LogP contribution in [0.25, 0.3) is 0 Å². The highest BCUT2D eigenvalue weighted by Crippen LogP contribution is 2.28. The molecule has 0 bridgehead atoms. The van der Waals surface area contributed by atoms with E-state index in [0.717, 1.165) is 10.4 Å². The summed E-state index contributed by atoms with van der Waals surface area (Å²) in [4.78, 5) is 39.5. The molecule has 2 amide bonds. The number of ether oxygens (including phenoxy) is 1. The predicted octanol–water partition coefficient (Wildman–Crippen LogP) is 4.38. The highest BCUT2D eigenvalue weighted by molar-refractivity contribution is 7.92. The molecule has 3 rings (SSSR count). The van der Waals surface area contributed by atoms with Crippen LogP contribution in [-0.2, 0) is 26.2 Å². The summed E-state index contributed by atoms with van der Waals surface area (Å²) < 4.78 is 33.9. The maximum Gasteiger partial charge on any atom is 0.271 e. The van der Waals surface area contributed by atoms with Gasteiger partial charge in [0.2, 0.25) is 11.8 Å². The first-order valence-electron chi connectivity index (χ1n) is 13.5. The average Bonchev–Trinajstić information content (AvgIpc) is 2.99. The van der Waals surface area contributed by atoms with Crippen LogP contribution in [0.4, 0.5) is 11.4 Å². The van der Waals surface area contributed by atoms with Gasteiger partial charge in [-0.3, -0.25) is 24.0 Å². The van der Waals surface area contributed by atoms with Gasteiger partial charge in [0.15, 0.2) is 0 Å². The second-order valence-corrected chi connectivity index (χ2v) is 11.9. The minimum Gasteiger partial charge on any atom is -0.497 e. The number of methoxy groups -OCH3 is 1. The van der Waals surface area contributed by atoms with Crippen molar-refractivity contribution in [2.75, 3.05) is 24.5 Å². The van der Waals surface area contributed by atoms with Crippen LogP contribution in [0.2, 0.25) is 0 Å². The number of hydrogen-bond donors (Lipinski definition) is 1. The van der Waals surface area contributed by atoms with E-state index in [1.807, 2.05) is 13.8 Å². The highest BCUT2D eigenvalue weighted by atomic mass is 32.2. The van der Waals surface area contributed by atoms with Crippen molar-refractivity contribution in [1.29, 1.82) is 0 Å². The minimum absolute atomic E-state index is 0.00218. The number of sulfonamides is 1. The molecule has 224 valence electrons. The van der Waals surface area contributed by atoms with Gasteiger partial charge in [0.05, 0.1) is 22.6 Å². The largest absolute Gasteiger partial charge is 0.497 e. The van der Waals surface area contributed by atoms with Gasteiger partial charge >= 0.3 is 0 Å². The molecule has 1 N–H and O–H groups in total. The molecule has 0 spiro atoms. The van der Waals surface area contributed by atoms with Crippen LogP contribution in [0.5, 0.6) is 5.75 Å². The second kappa shape index (κ2) is 14.4. The molecule has 0 aliphatic carbocycles. The lowest BCUT2D eigenvalue weighted by molar-refractivity contribution is -0.384. The van der Waals surface area contributed by atoms with E-state index in [1.165, 1.54) is 42.3 Å². The summed E-state index contributed by atoms with van der Waals surface area (Å²) in [5, 5.41) is 14.4. The predicted molar refractivity (Wildman–Crippen MR) is 160 cm³/mol. The first kappa shape index (κ1) is 32.1. The molecular formula is C30H36N4O7S. The summed E-state index contributed by atoms with van der Waals surface area (Å²) in [7, 11) is -2.82. The van der Waals surface area contributed by atoms with Gasteiger partial charge in [-0.15, -0.1) is 0 Å². The number of carbonyl (C=O) groups excluding carboxylic acids is 2. The third kappa shape index (κ3) is 8.06.